The van der Waals surface area contributed by atoms with E-state index in [4.69, 9.17) is 15.5 Å². The molecule has 0 fully saturated rings. The van der Waals surface area contributed by atoms with E-state index in [1.165, 1.54) is 11.3 Å². The van der Waals surface area contributed by atoms with Gasteiger partial charge in [-0.05, 0) is 48.5 Å². The molecule has 0 aliphatic rings. The molecule has 0 spiro atoms. The van der Waals surface area contributed by atoms with Crippen molar-refractivity contribution < 1.29 is 9.53 Å². The predicted molar refractivity (Wildman–Crippen MR) is 130 cm³/mol. The topological polar surface area (TPSA) is 93.0 Å². The zero-order chi connectivity index (χ0) is 22.1. The van der Waals surface area contributed by atoms with Crippen LogP contribution in [0.5, 0.6) is 5.75 Å². The zero-order valence-corrected chi connectivity index (χ0v) is 18.1. The van der Waals surface area contributed by atoms with Gasteiger partial charge in [-0.15, -0.1) is 11.3 Å². The summed E-state index contributed by atoms with van der Waals surface area (Å²) < 4.78 is 5.20. The van der Waals surface area contributed by atoms with Gasteiger partial charge >= 0.3 is 0 Å². The fourth-order valence-corrected chi connectivity index (χ4v) is 4.64. The molecule has 6 nitrogen and oxygen atoms in total. The molecule has 2 heterocycles. The molecule has 0 bridgehead atoms. The molecule has 0 saturated carbocycles. The van der Waals surface area contributed by atoms with E-state index in [1.54, 1.807) is 31.4 Å². The number of ether oxygens (including phenoxy) is 1. The van der Waals surface area contributed by atoms with Gasteiger partial charge in [0.25, 0.3) is 0 Å². The van der Waals surface area contributed by atoms with E-state index in [0.29, 0.717) is 33.3 Å². The van der Waals surface area contributed by atoms with Crippen LogP contribution in [0.25, 0.3) is 22.4 Å². The first-order valence-electron chi connectivity index (χ1n) is 10.0. The SMILES string of the molecule is COc1ccc(C(=O)c2sc(Nc3ccccc3)c(-c3nc4ccccc4[nH]3)c2N)cc1. The summed E-state index contributed by atoms with van der Waals surface area (Å²) >= 11 is 1.32. The van der Waals surface area contributed by atoms with Crippen LogP contribution >= 0.6 is 11.3 Å². The lowest BCUT2D eigenvalue weighted by atomic mass is 10.1. The van der Waals surface area contributed by atoms with Crippen molar-refractivity contribution in [3.8, 4) is 17.1 Å². The third-order valence-corrected chi connectivity index (χ3v) is 6.28. The predicted octanol–water partition coefficient (Wildman–Crippen LogP) is 5.86. The van der Waals surface area contributed by atoms with Gasteiger partial charge in [-0.3, -0.25) is 4.79 Å². The van der Waals surface area contributed by atoms with Crippen LogP contribution in [0.4, 0.5) is 16.4 Å². The molecule has 0 unspecified atom stereocenters. The normalized spacial score (nSPS) is 10.9. The molecule has 0 aliphatic heterocycles. The summed E-state index contributed by atoms with van der Waals surface area (Å²) in [5.74, 6) is 1.16. The van der Waals surface area contributed by atoms with Crippen LogP contribution in [-0.2, 0) is 0 Å². The van der Waals surface area contributed by atoms with Crippen LogP contribution in [0, 0.1) is 0 Å². The number of anilines is 3. The molecule has 3 aromatic carbocycles. The molecule has 0 radical (unpaired) electrons. The summed E-state index contributed by atoms with van der Waals surface area (Å²) in [4.78, 5) is 21.8. The number of ketones is 1. The van der Waals surface area contributed by atoms with Crippen LogP contribution < -0.4 is 15.8 Å². The van der Waals surface area contributed by atoms with Gasteiger partial charge in [-0.2, -0.15) is 0 Å². The number of H-pyrrole nitrogens is 1. The van der Waals surface area contributed by atoms with E-state index in [-0.39, 0.29) is 5.78 Å². The number of imidazole rings is 1. The van der Waals surface area contributed by atoms with Gasteiger partial charge in [-0.25, -0.2) is 4.98 Å². The van der Waals surface area contributed by atoms with Crippen molar-refractivity contribution in [2.24, 2.45) is 0 Å². The first-order chi connectivity index (χ1) is 15.6. The molecule has 5 rings (SSSR count). The Labute approximate surface area is 188 Å². The maximum absolute atomic E-state index is 13.3. The number of hydrogen-bond donors (Lipinski definition) is 3. The minimum atomic E-state index is -0.145. The lowest BCUT2D eigenvalue weighted by molar-refractivity contribution is 0.104. The number of thiophene rings is 1. The summed E-state index contributed by atoms with van der Waals surface area (Å²) in [6.45, 7) is 0. The highest BCUT2D eigenvalue weighted by molar-refractivity contribution is 7.19. The smallest absolute Gasteiger partial charge is 0.205 e. The van der Waals surface area contributed by atoms with Gasteiger partial charge in [0.15, 0.2) is 0 Å². The Balaban J connectivity index is 1.63. The van der Waals surface area contributed by atoms with Crippen LogP contribution in [0.3, 0.4) is 0 Å². The molecule has 2 aromatic heterocycles. The lowest BCUT2D eigenvalue weighted by Gasteiger charge is -2.06. The number of benzene rings is 3. The number of methoxy groups -OCH3 is 1. The van der Waals surface area contributed by atoms with E-state index in [9.17, 15) is 4.79 Å². The van der Waals surface area contributed by atoms with E-state index < -0.39 is 0 Å². The second kappa shape index (κ2) is 8.20. The Hall–Kier alpha value is -4.10. The Kier molecular flexibility index (Phi) is 5.09. The third-order valence-electron chi connectivity index (χ3n) is 5.16. The fourth-order valence-electron chi connectivity index (χ4n) is 3.53. The number of para-hydroxylation sites is 3. The number of nitrogen functional groups attached to an aromatic ring is 1. The summed E-state index contributed by atoms with van der Waals surface area (Å²) in [5.41, 5.74) is 10.8. The number of aromatic nitrogens is 2. The number of carbonyl (C=O) groups excluding carboxylic acids is 1. The van der Waals surface area contributed by atoms with Gasteiger partial charge in [-0.1, -0.05) is 30.3 Å². The Morgan fingerprint density at radius 3 is 2.44 bits per heavy atom. The van der Waals surface area contributed by atoms with Crippen molar-refractivity contribution in [1.29, 1.82) is 0 Å². The molecule has 32 heavy (non-hydrogen) atoms. The second-order valence-corrected chi connectivity index (χ2v) is 8.22. The Morgan fingerprint density at radius 1 is 1.00 bits per heavy atom. The van der Waals surface area contributed by atoms with Crippen molar-refractivity contribution in [3.63, 3.8) is 0 Å². The van der Waals surface area contributed by atoms with E-state index in [1.807, 2.05) is 54.6 Å². The minimum Gasteiger partial charge on any atom is -0.497 e. The van der Waals surface area contributed by atoms with Crippen molar-refractivity contribution in [1.82, 2.24) is 9.97 Å². The number of carbonyl (C=O) groups is 1. The van der Waals surface area contributed by atoms with Crippen molar-refractivity contribution >= 4 is 44.5 Å². The molecular formula is C25H20N4O2S. The molecule has 158 valence electrons. The van der Waals surface area contributed by atoms with Crippen LogP contribution in [-0.4, -0.2) is 22.9 Å². The number of fused-ring (bicyclic) bond motifs is 1. The Morgan fingerprint density at radius 2 is 1.72 bits per heavy atom. The number of rotatable bonds is 6. The fraction of sp³-hybridized carbons (Fsp3) is 0.0400. The molecule has 7 heteroatoms. The molecular weight excluding hydrogens is 420 g/mol. The maximum Gasteiger partial charge on any atom is 0.205 e. The first kappa shape index (κ1) is 19.8. The number of aromatic amines is 1. The average Bonchev–Trinajstić information content (AvgIpc) is 3.39. The second-order valence-electron chi connectivity index (χ2n) is 7.20. The summed E-state index contributed by atoms with van der Waals surface area (Å²) in [6.07, 6.45) is 0. The highest BCUT2D eigenvalue weighted by atomic mass is 32.1. The van der Waals surface area contributed by atoms with Gasteiger partial charge in [0, 0.05) is 11.3 Å². The third kappa shape index (κ3) is 3.59. The standard InChI is InChI=1S/C25H20N4O2S/c1-31-17-13-11-15(12-14-17)22(30)23-21(26)20(24-28-18-9-5-6-10-19(18)29-24)25(32-23)27-16-7-3-2-4-8-16/h2-14,27H,26H2,1H3,(H,28,29). The quantitative estimate of drug-likeness (QED) is 0.288. The van der Waals surface area contributed by atoms with Crippen molar-refractivity contribution in [2.75, 3.05) is 18.2 Å². The highest BCUT2D eigenvalue weighted by Crippen LogP contribution is 2.44. The van der Waals surface area contributed by atoms with Crippen LogP contribution in [0.2, 0.25) is 0 Å². The first-order valence-corrected chi connectivity index (χ1v) is 10.8. The highest BCUT2D eigenvalue weighted by Gasteiger charge is 2.25. The number of hydrogen-bond acceptors (Lipinski definition) is 6. The summed E-state index contributed by atoms with van der Waals surface area (Å²) in [7, 11) is 1.59. The summed E-state index contributed by atoms with van der Waals surface area (Å²) in [5, 5.41) is 4.16. The Bertz CT molecular complexity index is 1370. The van der Waals surface area contributed by atoms with Crippen LogP contribution in [0.1, 0.15) is 15.2 Å². The van der Waals surface area contributed by atoms with Crippen LogP contribution in [0.15, 0.2) is 78.9 Å². The van der Waals surface area contributed by atoms with Crippen molar-refractivity contribution in [2.45, 2.75) is 0 Å². The number of nitrogens with one attached hydrogen (secondary N) is 2. The van der Waals surface area contributed by atoms with E-state index in [0.717, 1.165) is 21.7 Å². The summed E-state index contributed by atoms with van der Waals surface area (Å²) in [6, 6.07) is 24.6. The minimum absolute atomic E-state index is 0.145. The number of nitrogens with two attached hydrogens (primary N) is 1. The largest absolute Gasteiger partial charge is 0.497 e. The average molecular weight is 441 g/mol. The van der Waals surface area contributed by atoms with Gasteiger partial charge in [0.2, 0.25) is 5.78 Å². The van der Waals surface area contributed by atoms with Gasteiger partial charge in [0.1, 0.15) is 21.5 Å². The molecule has 5 aromatic rings. The molecule has 0 saturated heterocycles. The van der Waals surface area contributed by atoms with Gasteiger partial charge in [0.05, 0.1) is 29.4 Å². The maximum atomic E-state index is 13.3. The van der Waals surface area contributed by atoms with E-state index >= 15 is 0 Å². The van der Waals surface area contributed by atoms with E-state index in [2.05, 4.69) is 10.3 Å². The lowest BCUT2D eigenvalue weighted by Crippen LogP contribution is -2.02. The van der Waals surface area contributed by atoms with Gasteiger partial charge < -0.3 is 20.8 Å². The monoisotopic (exact) mass is 440 g/mol. The molecule has 0 atom stereocenters. The molecule has 0 amide bonds. The number of nitrogens with zero attached hydrogens (tertiary/aromatic N) is 1. The zero-order valence-electron chi connectivity index (χ0n) is 17.3. The molecule has 4 N–H and O–H groups in total. The molecule has 0 aliphatic carbocycles. The van der Waals surface area contributed by atoms with Crippen molar-refractivity contribution in [3.05, 3.63) is 89.3 Å².